The Morgan fingerprint density at radius 1 is 1.19 bits per heavy atom. The van der Waals surface area contributed by atoms with E-state index in [2.05, 4.69) is 46.4 Å². The highest BCUT2D eigenvalue weighted by atomic mass is 15.3. The van der Waals surface area contributed by atoms with E-state index in [-0.39, 0.29) is 11.0 Å². The molecule has 172 valence electrons. The summed E-state index contributed by atoms with van der Waals surface area (Å²) < 4.78 is 1.84. The van der Waals surface area contributed by atoms with Crippen LogP contribution in [0, 0.1) is 23.2 Å². The number of aryl methyl sites for hydroxylation is 2. The fourth-order valence-corrected chi connectivity index (χ4v) is 6.05. The molecule has 3 heterocycles. The molecule has 32 heavy (non-hydrogen) atoms. The first-order chi connectivity index (χ1) is 15.1. The molecule has 0 amide bonds. The number of hydrogen-bond donors (Lipinski definition) is 3. The Balaban J connectivity index is 1.38. The molecule has 3 saturated carbocycles. The molecule has 2 aromatic heterocycles. The molecule has 7 nitrogen and oxygen atoms in total. The van der Waals surface area contributed by atoms with E-state index in [1.165, 1.54) is 19.3 Å². The lowest BCUT2D eigenvalue weighted by molar-refractivity contribution is 0.0474. The minimum atomic E-state index is -0.232. The maximum absolute atomic E-state index is 8.88. The first-order valence-corrected chi connectivity index (χ1v) is 11.9. The molecule has 0 atom stereocenters. The highest BCUT2D eigenvalue weighted by molar-refractivity contribution is 6.04. The van der Waals surface area contributed by atoms with Crippen LogP contribution in [0.1, 0.15) is 58.1 Å². The Labute approximate surface area is 191 Å². The summed E-state index contributed by atoms with van der Waals surface area (Å²) in [6.07, 6.45) is 11.2. The van der Waals surface area contributed by atoms with Crippen molar-refractivity contribution in [2.24, 2.45) is 23.6 Å². The predicted molar refractivity (Wildman–Crippen MR) is 130 cm³/mol. The van der Waals surface area contributed by atoms with Crippen LogP contribution in [0.4, 0.5) is 5.69 Å². The molecule has 2 aromatic rings. The smallest absolute Gasteiger partial charge is 0.159 e. The molecular formula is C25H37N7. The number of fused-ring (bicyclic) bond motifs is 4. The quantitative estimate of drug-likeness (QED) is 0.681. The summed E-state index contributed by atoms with van der Waals surface area (Å²) >= 11 is 0. The summed E-state index contributed by atoms with van der Waals surface area (Å²) in [7, 11) is 1.94. The molecule has 6 rings (SSSR count). The van der Waals surface area contributed by atoms with Crippen LogP contribution >= 0.6 is 0 Å². The summed E-state index contributed by atoms with van der Waals surface area (Å²) in [5.74, 6) is 0. The third kappa shape index (κ3) is 3.60. The monoisotopic (exact) mass is 435 g/mol. The van der Waals surface area contributed by atoms with Crippen molar-refractivity contribution in [3.8, 4) is 0 Å². The van der Waals surface area contributed by atoms with Crippen molar-refractivity contribution in [3.63, 3.8) is 0 Å². The Bertz CT molecular complexity index is 1070. The van der Waals surface area contributed by atoms with Crippen LogP contribution in [0.5, 0.6) is 0 Å². The topological polar surface area (TPSA) is 95.9 Å². The number of anilines is 1. The van der Waals surface area contributed by atoms with Gasteiger partial charge in [0.15, 0.2) is 5.65 Å². The molecule has 0 aromatic carbocycles. The molecule has 1 aliphatic heterocycles. The van der Waals surface area contributed by atoms with Crippen LogP contribution < -0.4 is 16.0 Å². The van der Waals surface area contributed by atoms with Crippen LogP contribution in [-0.2, 0) is 7.05 Å². The van der Waals surface area contributed by atoms with Crippen molar-refractivity contribution in [2.75, 3.05) is 24.5 Å². The van der Waals surface area contributed by atoms with Crippen LogP contribution in [-0.4, -0.2) is 45.6 Å². The minimum Gasteiger partial charge on any atom is -0.390 e. The van der Waals surface area contributed by atoms with E-state index in [1.807, 2.05) is 24.9 Å². The predicted octanol–water partition coefficient (Wildman–Crippen LogP) is 3.67. The zero-order valence-electron chi connectivity index (χ0n) is 20.0. The van der Waals surface area contributed by atoms with Gasteiger partial charge in [-0.25, -0.2) is 4.98 Å². The van der Waals surface area contributed by atoms with Gasteiger partial charge in [0, 0.05) is 60.8 Å². The lowest BCUT2D eigenvalue weighted by Gasteiger charge is -2.52. The standard InChI is InChI=1S/C25H37N7/c1-17-11-20(19-13-29-31(4)22(19)30-17)32-14-18(21(26)23(2,3)16-32)12-28-15-24-5-8-25(27,9-6-24)10-7-24/h11-13,26,28H,5-10,14-16,27H2,1-4H3/b18-12-,26-21?. The van der Waals surface area contributed by atoms with Gasteiger partial charge < -0.3 is 21.4 Å². The third-order valence-electron chi connectivity index (χ3n) is 8.31. The van der Waals surface area contributed by atoms with E-state index in [0.717, 1.165) is 72.6 Å². The maximum atomic E-state index is 8.88. The summed E-state index contributed by atoms with van der Waals surface area (Å²) in [5.41, 5.74) is 11.6. The molecule has 4 N–H and O–H groups in total. The summed E-state index contributed by atoms with van der Waals surface area (Å²) in [5, 5.41) is 18.0. The zero-order chi connectivity index (χ0) is 22.7. The molecular weight excluding hydrogens is 398 g/mol. The number of nitrogens with one attached hydrogen (secondary N) is 2. The number of nitrogens with two attached hydrogens (primary N) is 1. The lowest BCUT2D eigenvalue weighted by atomic mass is 9.57. The van der Waals surface area contributed by atoms with Crippen molar-refractivity contribution >= 4 is 22.4 Å². The second kappa shape index (κ2) is 7.30. The Morgan fingerprint density at radius 3 is 2.56 bits per heavy atom. The van der Waals surface area contributed by atoms with E-state index in [9.17, 15) is 0 Å². The zero-order valence-corrected chi connectivity index (χ0v) is 20.0. The number of pyridine rings is 1. The maximum Gasteiger partial charge on any atom is 0.159 e. The van der Waals surface area contributed by atoms with Crippen molar-refractivity contribution in [3.05, 3.63) is 29.7 Å². The van der Waals surface area contributed by atoms with Gasteiger partial charge in [0.05, 0.1) is 17.3 Å². The SMILES string of the molecule is Cc1cc(N2C/C(=C/NCC34CCC(N)(CC3)CC4)C(=N)C(C)(C)C2)c2cnn(C)c2n1. The normalized spacial score (nSPS) is 31.0. The molecule has 2 bridgehead atoms. The number of aromatic nitrogens is 3. The Kier molecular flexibility index (Phi) is 4.89. The number of piperidine rings is 1. The van der Waals surface area contributed by atoms with Gasteiger partial charge in [-0.2, -0.15) is 5.10 Å². The molecule has 3 aliphatic carbocycles. The van der Waals surface area contributed by atoms with Gasteiger partial charge in [-0.1, -0.05) is 13.8 Å². The highest BCUT2D eigenvalue weighted by Gasteiger charge is 2.46. The largest absolute Gasteiger partial charge is 0.390 e. The number of nitrogens with zero attached hydrogens (tertiary/aromatic N) is 4. The Hall–Kier alpha value is -2.41. The highest BCUT2D eigenvalue weighted by Crippen LogP contribution is 2.50. The molecule has 0 radical (unpaired) electrons. The van der Waals surface area contributed by atoms with Gasteiger partial charge in [-0.15, -0.1) is 0 Å². The first kappa shape index (κ1) is 21.4. The molecule has 4 aliphatic rings. The van der Waals surface area contributed by atoms with Gasteiger partial charge in [0.25, 0.3) is 0 Å². The molecule has 7 heteroatoms. The minimum absolute atomic E-state index is 0.108. The van der Waals surface area contributed by atoms with Crippen LogP contribution in [0.3, 0.4) is 0 Å². The molecule has 1 saturated heterocycles. The third-order valence-corrected chi connectivity index (χ3v) is 8.31. The van der Waals surface area contributed by atoms with E-state index in [1.54, 1.807) is 0 Å². The first-order valence-electron chi connectivity index (χ1n) is 11.9. The number of rotatable bonds is 4. The van der Waals surface area contributed by atoms with E-state index in [4.69, 9.17) is 11.1 Å². The molecule has 0 unspecified atom stereocenters. The second-order valence-corrected chi connectivity index (χ2v) is 11.3. The van der Waals surface area contributed by atoms with Gasteiger partial charge in [0.2, 0.25) is 0 Å². The number of hydrogen-bond acceptors (Lipinski definition) is 6. The fraction of sp³-hybridized carbons (Fsp3) is 0.640. The van der Waals surface area contributed by atoms with E-state index >= 15 is 0 Å². The van der Waals surface area contributed by atoms with Crippen molar-refractivity contribution in [2.45, 2.75) is 64.8 Å². The van der Waals surface area contributed by atoms with E-state index in [0.29, 0.717) is 5.41 Å². The van der Waals surface area contributed by atoms with Gasteiger partial charge in [-0.3, -0.25) is 4.68 Å². The second-order valence-electron chi connectivity index (χ2n) is 11.3. The van der Waals surface area contributed by atoms with Crippen LogP contribution in [0.25, 0.3) is 11.0 Å². The molecule has 0 spiro atoms. The van der Waals surface area contributed by atoms with Crippen LogP contribution in [0.2, 0.25) is 0 Å². The summed E-state index contributed by atoms with van der Waals surface area (Å²) in [4.78, 5) is 7.08. The van der Waals surface area contributed by atoms with Crippen molar-refractivity contribution in [1.29, 1.82) is 5.41 Å². The van der Waals surface area contributed by atoms with Crippen LogP contribution in [0.15, 0.2) is 24.0 Å². The van der Waals surface area contributed by atoms with Gasteiger partial charge in [-0.05, 0) is 56.9 Å². The summed E-state index contributed by atoms with van der Waals surface area (Å²) in [6.45, 7) is 8.90. The Morgan fingerprint density at radius 2 is 1.88 bits per heavy atom. The van der Waals surface area contributed by atoms with Crippen molar-refractivity contribution in [1.82, 2.24) is 20.1 Å². The van der Waals surface area contributed by atoms with Gasteiger partial charge in [0.1, 0.15) is 0 Å². The average Bonchev–Trinajstić information content (AvgIpc) is 3.12. The molecule has 4 fully saturated rings. The lowest BCUT2D eigenvalue weighted by Crippen LogP contribution is -2.54. The van der Waals surface area contributed by atoms with E-state index < -0.39 is 0 Å². The van der Waals surface area contributed by atoms with Gasteiger partial charge >= 0.3 is 0 Å². The van der Waals surface area contributed by atoms with Crippen molar-refractivity contribution < 1.29 is 0 Å². The summed E-state index contributed by atoms with van der Waals surface area (Å²) in [6, 6.07) is 2.15. The average molecular weight is 436 g/mol. The fourth-order valence-electron chi connectivity index (χ4n) is 6.05.